The van der Waals surface area contributed by atoms with E-state index in [-0.39, 0.29) is 0 Å². The number of rotatable bonds is 7. The maximum absolute atomic E-state index is 10.2. The third-order valence-electron chi connectivity index (χ3n) is 3.55. The lowest BCUT2D eigenvalue weighted by atomic mass is 10.1. The van der Waals surface area contributed by atoms with Crippen molar-refractivity contribution < 1.29 is 9.84 Å². The molecule has 2 N–H and O–H groups in total. The predicted octanol–water partition coefficient (Wildman–Crippen LogP) is 1.54. The first-order chi connectivity index (χ1) is 9.63. The fourth-order valence-electron chi connectivity index (χ4n) is 2.24. The monoisotopic (exact) mass is 277 g/mol. The Balaban J connectivity index is 1.98. The number of methoxy groups -OCH3 is 1. The number of aromatic nitrogens is 2. The minimum atomic E-state index is -0.510. The summed E-state index contributed by atoms with van der Waals surface area (Å²) in [6.07, 6.45) is 0.436. The van der Waals surface area contributed by atoms with Crippen molar-refractivity contribution in [1.82, 2.24) is 14.9 Å². The van der Waals surface area contributed by atoms with Crippen LogP contribution in [-0.4, -0.2) is 41.5 Å². The molecule has 0 saturated carbocycles. The molecule has 110 valence electrons. The van der Waals surface area contributed by atoms with Crippen molar-refractivity contribution in [2.75, 3.05) is 26.8 Å². The molecule has 0 radical (unpaired) electrons. The van der Waals surface area contributed by atoms with Crippen molar-refractivity contribution in [1.29, 1.82) is 0 Å². The number of aliphatic hydroxyl groups is 1. The van der Waals surface area contributed by atoms with Crippen LogP contribution in [0.3, 0.4) is 0 Å². The molecule has 0 amide bonds. The van der Waals surface area contributed by atoms with Gasteiger partial charge in [-0.1, -0.05) is 6.07 Å². The lowest BCUT2D eigenvalue weighted by molar-refractivity contribution is 0.168. The quantitative estimate of drug-likeness (QED) is 0.754. The number of benzene rings is 1. The van der Waals surface area contributed by atoms with Gasteiger partial charge in [0.25, 0.3) is 0 Å². The van der Waals surface area contributed by atoms with Crippen molar-refractivity contribution in [3.63, 3.8) is 0 Å². The average molecular weight is 277 g/mol. The van der Waals surface area contributed by atoms with Gasteiger partial charge in [0.1, 0.15) is 5.82 Å². The summed E-state index contributed by atoms with van der Waals surface area (Å²) >= 11 is 0. The topological polar surface area (TPSA) is 59.3 Å². The van der Waals surface area contributed by atoms with E-state index in [0.717, 1.165) is 42.0 Å². The lowest BCUT2D eigenvalue weighted by Gasteiger charge is -2.12. The van der Waals surface area contributed by atoms with Crippen LogP contribution in [-0.2, 0) is 11.8 Å². The van der Waals surface area contributed by atoms with Crippen molar-refractivity contribution in [2.24, 2.45) is 7.05 Å². The molecule has 5 nitrogen and oxygen atoms in total. The van der Waals surface area contributed by atoms with Crippen molar-refractivity contribution in [2.45, 2.75) is 19.4 Å². The molecular formula is C15H23N3O2. The van der Waals surface area contributed by atoms with Crippen LogP contribution in [0.1, 0.15) is 23.9 Å². The third kappa shape index (κ3) is 3.36. The molecule has 0 aliphatic heterocycles. The number of imidazole rings is 1. The van der Waals surface area contributed by atoms with Crippen LogP contribution >= 0.6 is 0 Å². The van der Waals surface area contributed by atoms with E-state index in [2.05, 4.69) is 14.9 Å². The Bertz CT molecular complexity index is 565. The second-order valence-corrected chi connectivity index (χ2v) is 5.03. The molecular weight excluding hydrogens is 254 g/mol. The van der Waals surface area contributed by atoms with Gasteiger partial charge in [-0.3, -0.25) is 0 Å². The minimum absolute atomic E-state index is 0.510. The van der Waals surface area contributed by atoms with E-state index in [1.165, 1.54) is 0 Å². The molecule has 1 heterocycles. The molecule has 0 spiro atoms. The van der Waals surface area contributed by atoms with Crippen LogP contribution in [0.4, 0.5) is 0 Å². The van der Waals surface area contributed by atoms with Crippen LogP contribution in [0.25, 0.3) is 11.0 Å². The van der Waals surface area contributed by atoms with Crippen molar-refractivity contribution in [3.05, 3.63) is 29.6 Å². The first-order valence-electron chi connectivity index (χ1n) is 6.94. The third-order valence-corrected chi connectivity index (χ3v) is 3.55. The first kappa shape index (κ1) is 15.0. The minimum Gasteiger partial charge on any atom is -0.387 e. The zero-order chi connectivity index (χ0) is 14.5. The van der Waals surface area contributed by atoms with E-state index in [9.17, 15) is 5.11 Å². The van der Waals surface area contributed by atoms with Crippen LogP contribution in [0.5, 0.6) is 0 Å². The number of aliphatic hydroxyl groups excluding tert-OH is 1. The van der Waals surface area contributed by atoms with E-state index < -0.39 is 6.10 Å². The number of hydrogen-bond acceptors (Lipinski definition) is 4. The van der Waals surface area contributed by atoms with Gasteiger partial charge in [-0.2, -0.15) is 0 Å². The highest BCUT2D eigenvalue weighted by Crippen LogP contribution is 2.20. The Kier molecular flexibility index (Phi) is 5.11. The second kappa shape index (κ2) is 6.83. The summed E-state index contributed by atoms with van der Waals surface area (Å²) in [4.78, 5) is 4.49. The van der Waals surface area contributed by atoms with Gasteiger partial charge in [-0.15, -0.1) is 0 Å². The zero-order valence-electron chi connectivity index (χ0n) is 12.4. The summed E-state index contributed by atoms with van der Waals surface area (Å²) in [7, 11) is 3.69. The fourth-order valence-corrected chi connectivity index (χ4v) is 2.24. The van der Waals surface area contributed by atoms with Crippen LogP contribution < -0.4 is 5.32 Å². The number of nitrogens with zero attached hydrogens (tertiary/aromatic N) is 2. The number of fused-ring (bicyclic) bond motifs is 1. The molecule has 1 aromatic heterocycles. The summed E-state index contributed by atoms with van der Waals surface area (Å²) in [6, 6.07) is 5.94. The highest BCUT2D eigenvalue weighted by atomic mass is 16.5. The summed E-state index contributed by atoms with van der Waals surface area (Å²) < 4.78 is 7.03. The zero-order valence-corrected chi connectivity index (χ0v) is 12.4. The van der Waals surface area contributed by atoms with Gasteiger partial charge in [-0.25, -0.2) is 4.98 Å². The summed E-state index contributed by atoms with van der Waals surface area (Å²) in [6.45, 7) is 4.10. The Morgan fingerprint density at radius 3 is 3.00 bits per heavy atom. The predicted molar refractivity (Wildman–Crippen MR) is 79.8 cm³/mol. The highest BCUT2D eigenvalue weighted by Gasteiger charge is 2.10. The molecule has 1 atom stereocenters. The molecule has 20 heavy (non-hydrogen) atoms. The van der Waals surface area contributed by atoms with Gasteiger partial charge in [0.2, 0.25) is 0 Å². The standard InChI is InChI=1S/C15H23N3O2/c1-11-17-13-9-12(5-6-14(13)18(11)2)15(19)10-16-7-4-8-20-3/h5-6,9,15-16,19H,4,7-8,10H2,1-3H3. The largest absolute Gasteiger partial charge is 0.387 e. The Morgan fingerprint density at radius 1 is 1.45 bits per heavy atom. The van der Waals surface area contributed by atoms with Crippen LogP contribution in [0.2, 0.25) is 0 Å². The Hall–Kier alpha value is -1.43. The normalized spacial score (nSPS) is 13.0. The number of nitrogens with one attached hydrogen (secondary N) is 1. The van der Waals surface area contributed by atoms with Crippen LogP contribution in [0.15, 0.2) is 18.2 Å². The van der Waals surface area contributed by atoms with Gasteiger partial charge >= 0.3 is 0 Å². The Labute approximate surface area is 119 Å². The molecule has 0 fully saturated rings. The summed E-state index contributed by atoms with van der Waals surface area (Å²) in [5.41, 5.74) is 2.92. The van der Waals surface area contributed by atoms with Gasteiger partial charge in [0.15, 0.2) is 0 Å². The van der Waals surface area contributed by atoms with E-state index in [0.29, 0.717) is 6.54 Å². The SMILES string of the molecule is COCCCNCC(O)c1ccc2c(c1)nc(C)n2C. The van der Waals surface area contributed by atoms with E-state index in [4.69, 9.17) is 4.74 Å². The molecule has 2 rings (SSSR count). The lowest BCUT2D eigenvalue weighted by Crippen LogP contribution is -2.23. The molecule has 5 heteroatoms. The smallest absolute Gasteiger partial charge is 0.106 e. The van der Waals surface area contributed by atoms with Crippen LogP contribution in [0, 0.1) is 6.92 Å². The maximum Gasteiger partial charge on any atom is 0.106 e. The molecule has 1 aromatic carbocycles. The maximum atomic E-state index is 10.2. The summed E-state index contributed by atoms with van der Waals surface area (Å²) in [5.74, 6) is 0.976. The van der Waals surface area contributed by atoms with E-state index in [1.54, 1.807) is 7.11 Å². The fraction of sp³-hybridized carbons (Fsp3) is 0.533. The molecule has 1 unspecified atom stereocenters. The number of hydrogen-bond donors (Lipinski definition) is 2. The second-order valence-electron chi connectivity index (χ2n) is 5.03. The van der Waals surface area contributed by atoms with Gasteiger partial charge < -0.3 is 19.7 Å². The highest BCUT2D eigenvalue weighted by molar-refractivity contribution is 5.76. The van der Waals surface area contributed by atoms with E-state index >= 15 is 0 Å². The molecule has 0 aliphatic carbocycles. The number of ether oxygens (including phenoxy) is 1. The molecule has 2 aromatic rings. The molecule has 0 aliphatic rings. The first-order valence-corrected chi connectivity index (χ1v) is 6.94. The van der Waals surface area contributed by atoms with Gasteiger partial charge in [0, 0.05) is 27.3 Å². The van der Waals surface area contributed by atoms with E-state index in [1.807, 2.05) is 32.2 Å². The van der Waals surface area contributed by atoms with Gasteiger partial charge in [0.05, 0.1) is 17.1 Å². The average Bonchev–Trinajstić information content (AvgIpc) is 2.73. The molecule has 0 bridgehead atoms. The van der Waals surface area contributed by atoms with Gasteiger partial charge in [-0.05, 0) is 37.6 Å². The number of aryl methyl sites for hydroxylation is 2. The van der Waals surface area contributed by atoms with Crippen molar-refractivity contribution in [3.8, 4) is 0 Å². The Morgan fingerprint density at radius 2 is 2.25 bits per heavy atom. The summed E-state index contributed by atoms with van der Waals surface area (Å²) in [5, 5.41) is 13.4. The molecule has 0 saturated heterocycles. The van der Waals surface area contributed by atoms with Crippen molar-refractivity contribution >= 4 is 11.0 Å².